The van der Waals surface area contributed by atoms with Gasteiger partial charge in [0, 0.05) is 17.4 Å². The molecule has 0 radical (unpaired) electrons. The van der Waals surface area contributed by atoms with Gasteiger partial charge in [-0.3, -0.25) is 14.5 Å². The van der Waals surface area contributed by atoms with Crippen molar-refractivity contribution in [2.45, 2.75) is 26.2 Å². The Kier molecular flexibility index (Phi) is 7.45. The van der Waals surface area contributed by atoms with Gasteiger partial charge in [0.25, 0.3) is 5.91 Å². The Bertz CT molecular complexity index is 658. The summed E-state index contributed by atoms with van der Waals surface area (Å²) in [6.45, 7) is 2.82. The number of nitrogens with zero attached hydrogens (tertiary/aromatic N) is 1. The van der Waals surface area contributed by atoms with E-state index in [0.29, 0.717) is 35.2 Å². The molecule has 1 saturated heterocycles. The van der Waals surface area contributed by atoms with E-state index in [9.17, 15) is 9.59 Å². The Morgan fingerprint density at radius 3 is 2.75 bits per heavy atom. The topological polar surface area (TPSA) is 46.6 Å². The molecule has 24 heavy (non-hydrogen) atoms. The summed E-state index contributed by atoms with van der Waals surface area (Å²) in [6.07, 6.45) is 3.48. The largest absolute Gasteiger partial charge is 0.466 e. The van der Waals surface area contributed by atoms with Gasteiger partial charge in [-0.1, -0.05) is 59.0 Å². The van der Waals surface area contributed by atoms with E-state index in [0.717, 1.165) is 16.5 Å². The smallest absolute Gasteiger partial charge is 0.305 e. The molecule has 1 amide bonds. The number of esters is 1. The quantitative estimate of drug-likeness (QED) is 0.366. The molecule has 1 aliphatic rings. The number of benzene rings is 1. The molecule has 1 aromatic rings. The average molecular weight is 428 g/mol. The predicted molar refractivity (Wildman–Crippen MR) is 105 cm³/mol. The van der Waals surface area contributed by atoms with Crippen LogP contribution in [0.5, 0.6) is 0 Å². The average Bonchev–Trinajstić information content (AvgIpc) is 2.82. The van der Waals surface area contributed by atoms with Crippen molar-refractivity contribution in [3.05, 3.63) is 39.2 Å². The second kappa shape index (κ2) is 9.34. The van der Waals surface area contributed by atoms with E-state index in [1.165, 1.54) is 11.8 Å². The highest BCUT2D eigenvalue weighted by Crippen LogP contribution is 2.32. The molecular weight excluding hydrogens is 410 g/mol. The molecule has 4 nitrogen and oxygen atoms in total. The first-order valence-corrected chi connectivity index (χ1v) is 9.69. The van der Waals surface area contributed by atoms with Crippen LogP contribution in [-0.4, -0.2) is 34.2 Å². The van der Waals surface area contributed by atoms with Gasteiger partial charge in [0.15, 0.2) is 0 Å². The van der Waals surface area contributed by atoms with Gasteiger partial charge >= 0.3 is 5.97 Å². The summed E-state index contributed by atoms with van der Waals surface area (Å²) in [7, 11) is 0. The normalized spacial score (nSPS) is 16.1. The summed E-state index contributed by atoms with van der Waals surface area (Å²) < 4.78 is 6.54. The molecule has 0 atom stereocenters. The van der Waals surface area contributed by atoms with Crippen molar-refractivity contribution in [3.63, 3.8) is 0 Å². The number of ether oxygens (including phenoxy) is 1. The first-order valence-electron chi connectivity index (χ1n) is 7.68. The van der Waals surface area contributed by atoms with Crippen LogP contribution < -0.4 is 0 Å². The van der Waals surface area contributed by atoms with Crippen molar-refractivity contribution >= 4 is 62.2 Å². The van der Waals surface area contributed by atoms with Crippen molar-refractivity contribution in [2.75, 3.05) is 13.2 Å². The zero-order valence-electron chi connectivity index (χ0n) is 13.3. The van der Waals surface area contributed by atoms with E-state index in [1.54, 1.807) is 4.90 Å². The second-order valence-electron chi connectivity index (χ2n) is 5.21. The number of rotatable bonds is 7. The maximum atomic E-state index is 12.5. The molecule has 1 aliphatic heterocycles. The summed E-state index contributed by atoms with van der Waals surface area (Å²) in [6, 6.07) is 7.71. The number of hydrogen-bond donors (Lipinski definition) is 0. The molecule has 0 saturated carbocycles. The summed E-state index contributed by atoms with van der Waals surface area (Å²) >= 11 is 9.96. The van der Waals surface area contributed by atoms with Gasteiger partial charge in [0.1, 0.15) is 4.32 Å². The van der Waals surface area contributed by atoms with Crippen LogP contribution in [0.4, 0.5) is 0 Å². The van der Waals surface area contributed by atoms with E-state index in [2.05, 4.69) is 15.9 Å². The highest BCUT2D eigenvalue weighted by molar-refractivity contribution is 9.10. The van der Waals surface area contributed by atoms with Crippen LogP contribution in [0.2, 0.25) is 0 Å². The Morgan fingerprint density at radius 1 is 1.38 bits per heavy atom. The molecule has 0 N–H and O–H groups in total. The van der Waals surface area contributed by atoms with Crippen molar-refractivity contribution in [1.29, 1.82) is 0 Å². The van der Waals surface area contributed by atoms with E-state index in [4.69, 9.17) is 17.0 Å². The van der Waals surface area contributed by atoms with E-state index < -0.39 is 0 Å². The summed E-state index contributed by atoms with van der Waals surface area (Å²) in [5, 5.41) is 0. The fraction of sp³-hybridized carbons (Fsp3) is 0.353. The van der Waals surface area contributed by atoms with Crippen LogP contribution in [0.3, 0.4) is 0 Å². The Morgan fingerprint density at radius 2 is 2.08 bits per heavy atom. The number of thiocarbonyl (C=S) groups is 1. The highest BCUT2D eigenvalue weighted by atomic mass is 79.9. The lowest BCUT2D eigenvalue weighted by Gasteiger charge is -2.13. The SMILES string of the molecule is CCCOC(=O)CCCN1C(=O)C(=Cc2ccc(Br)cc2)SC1=S. The van der Waals surface area contributed by atoms with Crippen LogP contribution >= 0.6 is 39.9 Å². The van der Waals surface area contributed by atoms with E-state index >= 15 is 0 Å². The highest BCUT2D eigenvalue weighted by Gasteiger charge is 2.31. The summed E-state index contributed by atoms with van der Waals surface area (Å²) in [5.41, 5.74) is 0.946. The molecule has 1 heterocycles. The standard InChI is InChI=1S/C17H18BrNO3S2/c1-2-10-22-15(20)4-3-9-19-16(21)14(24-17(19)23)11-12-5-7-13(18)8-6-12/h5-8,11H,2-4,9-10H2,1H3. The van der Waals surface area contributed by atoms with Crippen molar-refractivity contribution < 1.29 is 14.3 Å². The maximum Gasteiger partial charge on any atom is 0.305 e. The molecule has 0 spiro atoms. The zero-order chi connectivity index (χ0) is 17.5. The van der Waals surface area contributed by atoms with Gasteiger partial charge in [0.2, 0.25) is 0 Å². The summed E-state index contributed by atoms with van der Waals surface area (Å²) in [5.74, 6) is -0.331. The lowest BCUT2D eigenvalue weighted by Crippen LogP contribution is -2.29. The fourth-order valence-corrected chi connectivity index (χ4v) is 3.65. The van der Waals surface area contributed by atoms with Gasteiger partial charge in [0.05, 0.1) is 11.5 Å². The molecular formula is C17H18BrNO3S2. The fourth-order valence-electron chi connectivity index (χ4n) is 2.07. The van der Waals surface area contributed by atoms with Crippen LogP contribution in [-0.2, 0) is 14.3 Å². The Hall–Kier alpha value is -1.18. The maximum absolute atomic E-state index is 12.5. The third kappa shape index (κ3) is 5.43. The van der Waals surface area contributed by atoms with Crippen LogP contribution in [0.15, 0.2) is 33.6 Å². The van der Waals surface area contributed by atoms with Crippen molar-refractivity contribution in [3.8, 4) is 0 Å². The number of carbonyl (C=O) groups is 2. The molecule has 2 rings (SSSR count). The van der Waals surface area contributed by atoms with E-state index in [-0.39, 0.29) is 11.9 Å². The molecule has 128 valence electrons. The minimum atomic E-state index is -0.229. The predicted octanol–water partition coefficient (Wildman–Crippen LogP) is 4.38. The lowest BCUT2D eigenvalue weighted by atomic mass is 10.2. The minimum absolute atomic E-state index is 0.102. The Labute approximate surface area is 159 Å². The monoisotopic (exact) mass is 427 g/mol. The van der Waals surface area contributed by atoms with Crippen LogP contribution in [0, 0.1) is 0 Å². The molecule has 0 aliphatic carbocycles. The number of thioether (sulfide) groups is 1. The third-order valence-corrected chi connectivity index (χ3v) is 5.18. The number of amides is 1. The molecule has 0 aromatic heterocycles. The molecule has 0 unspecified atom stereocenters. The van der Waals surface area contributed by atoms with Gasteiger partial charge in [-0.05, 0) is 36.6 Å². The molecule has 1 fully saturated rings. The first-order chi connectivity index (χ1) is 11.5. The van der Waals surface area contributed by atoms with E-state index in [1.807, 2.05) is 37.3 Å². The molecule has 0 bridgehead atoms. The second-order valence-corrected chi connectivity index (χ2v) is 7.80. The van der Waals surface area contributed by atoms with Gasteiger partial charge < -0.3 is 4.74 Å². The van der Waals surface area contributed by atoms with Crippen molar-refractivity contribution in [2.24, 2.45) is 0 Å². The van der Waals surface area contributed by atoms with Gasteiger partial charge in [-0.2, -0.15) is 0 Å². The van der Waals surface area contributed by atoms with Gasteiger partial charge in [-0.25, -0.2) is 0 Å². The number of halogens is 1. The first kappa shape index (κ1) is 19.1. The Balaban J connectivity index is 1.91. The van der Waals surface area contributed by atoms with Gasteiger partial charge in [-0.15, -0.1) is 0 Å². The minimum Gasteiger partial charge on any atom is -0.466 e. The lowest BCUT2D eigenvalue weighted by molar-refractivity contribution is -0.144. The number of carbonyl (C=O) groups excluding carboxylic acids is 2. The van der Waals surface area contributed by atoms with Crippen molar-refractivity contribution in [1.82, 2.24) is 4.90 Å². The van der Waals surface area contributed by atoms with Crippen LogP contribution in [0.1, 0.15) is 31.7 Å². The third-order valence-electron chi connectivity index (χ3n) is 3.27. The molecule has 1 aromatic carbocycles. The van der Waals surface area contributed by atoms with Crippen LogP contribution in [0.25, 0.3) is 6.08 Å². The number of hydrogen-bond acceptors (Lipinski definition) is 5. The summed E-state index contributed by atoms with van der Waals surface area (Å²) in [4.78, 5) is 26.1. The molecule has 7 heteroatoms. The zero-order valence-corrected chi connectivity index (χ0v) is 16.5.